The molecule has 0 aliphatic rings. The lowest BCUT2D eigenvalue weighted by atomic mass is 9.95. The van der Waals surface area contributed by atoms with Crippen molar-refractivity contribution >= 4 is 50.0 Å². The largest absolute Gasteiger partial charge is 0.275 e. The predicted octanol–water partition coefficient (Wildman–Crippen LogP) is 5.45. The number of aromatic nitrogens is 2. The van der Waals surface area contributed by atoms with Crippen molar-refractivity contribution in [2.24, 2.45) is 0 Å². The summed E-state index contributed by atoms with van der Waals surface area (Å²) in [4.78, 5) is 4.70. The van der Waals surface area contributed by atoms with Crippen LogP contribution in [-0.4, -0.2) is 13.6 Å². The van der Waals surface area contributed by atoms with Crippen LogP contribution in [0.2, 0.25) is 5.02 Å². The first-order valence-electron chi connectivity index (χ1n) is 7.86. The Morgan fingerprint density at radius 1 is 1.08 bits per heavy atom. The lowest BCUT2D eigenvalue weighted by molar-refractivity contribution is 0.686. The summed E-state index contributed by atoms with van der Waals surface area (Å²) in [6, 6.07) is 17.9. The van der Waals surface area contributed by atoms with Crippen molar-refractivity contribution in [3.05, 3.63) is 71.5 Å². The Morgan fingerprint density at radius 2 is 1.96 bits per heavy atom. The molecule has 0 saturated heterocycles. The number of benzene rings is 3. The van der Waals surface area contributed by atoms with Crippen LogP contribution in [0.3, 0.4) is 0 Å². The van der Waals surface area contributed by atoms with Crippen LogP contribution in [0.25, 0.3) is 21.9 Å². The smallest absolute Gasteiger partial charge is 0.214 e. The number of halogens is 1. The molecule has 1 unspecified atom stereocenters. The summed E-state index contributed by atoms with van der Waals surface area (Å²) >= 11 is 7.26. The molecule has 4 nitrogen and oxygen atoms in total. The lowest BCUT2D eigenvalue weighted by Gasteiger charge is -2.11. The van der Waals surface area contributed by atoms with Gasteiger partial charge in [0.15, 0.2) is 11.0 Å². The molecule has 0 aliphatic heterocycles. The molecule has 3 aromatic carbocycles. The Hall–Kier alpha value is -2.28. The Kier molecular flexibility index (Phi) is 4.72. The number of rotatable bonds is 4. The van der Waals surface area contributed by atoms with E-state index in [0.29, 0.717) is 10.0 Å². The summed E-state index contributed by atoms with van der Waals surface area (Å²) in [6.07, 6.45) is 1.44. The van der Waals surface area contributed by atoms with Crippen LogP contribution in [0, 0.1) is 6.92 Å². The molecular formula is C19H14ClN3OS2. The lowest BCUT2D eigenvalue weighted by Crippen LogP contribution is -2.04. The zero-order valence-electron chi connectivity index (χ0n) is 13.8. The topological polar surface area (TPSA) is 54.9 Å². The van der Waals surface area contributed by atoms with Gasteiger partial charge in [0, 0.05) is 16.6 Å². The number of nitrogens with zero attached hydrogens (tertiary/aromatic N) is 2. The third kappa shape index (κ3) is 3.35. The SMILES string of the molecule is Cc1cc(Cl)ccc1-c1cccc2cc(S(=O)Nc3ncns3)ccc12. The average Bonchev–Trinajstić information content (AvgIpc) is 3.14. The fourth-order valence-electron chi connectivity index (χ4n) is 2.90. The van der Waals surface area contributed by atoms with Gasteiger partial charge in [-0.15, -0.1) is 0 Å². The maximum absolute atomic E-state index is 12.5. The molecule has 0 fully saturated rings. The van der Waals surface area contributed by atoms with Gasteiger partial charge in [0.2, 0.25) is 5.13 Å². The summed E-state index contributed by atoms with van der Waals surface area (Å²) in [5.41, 5.74) is 3.39. The number of anilines is 1. The van der Waals surface area contributed by atoms with Gasteiger partial charge >= 0.3 is 0 Å². The molecule has 7 heteroatoms. The Morgan fingerprint density at radius 3 is 2.73 bits per heavy atom. The maximum atomic E-state index is 12.5. The van der Waals surface area contributed by atoms with E-state index < -0.39 is 11.0 Å². The molecule has 26 heavy (non-hydrogen) atoms. The van der Waals surface area contributed by atoms with Gasteiger partial charge in [0.25, 0.3) is 0 Å². The van der Waals surface area contributed by atoms with E-state index in [1.165, 1.54) is 17.9 Å². The number of nitrogens with one attached hydrogen (secondary N) is 1. The van der Waals surface area contributed by atoms with Crippen LogP contribution in [0.15, 0.2) is 65.8 Å². The highest BCUT2D eigenvalue weighted by molar-refractivity contribution is 7.86. The Labute approximate surface area is 162 Å². The second kappa shape index (κ2) is 7.15. The molecule has 0 spiro atoms. The molecule has 4 rings (SSSR count). The van der Waals surface area contributed by atoms with Gasteiger partial charge in [-0.25, -0.2) is 9.19 Å². The van der Waals surface area contributed by atoms with Crippen LogP contribution in [-0.2, 0) is 11.0 Å². The van der Waals surface area contributed by atoms with Crippen LogP contribution < -0.4 is 4.72 Å². The zero-order valence-corrected chi connectivity index (χ0v) is 16.2. The van der Waals surface area contributed by atoms with Crippen molar-refractivity contribution in [2.45, 2.75) is 11.8 Å². The van der Waals surface area contributed by atoms with Crippen molar-refractivity contribution in [3.63, 3.8) is 0 Å². The number of aryl methyl sites for hydroxylation is 1. The van der Waals surface area contributed by atoms with E-state index in [2.05, 4.69) is 27.1 Å². The highest BCUT2D eigenvalue weighted by Crippen LogP contribution is 2.33. The molecule has 1 N–H and O–H groups in total. The van der Waals surface area contributed by atoms with Gasteiger partial charge in [-0.3, -0.25) is 4.72 Å². The summed E-state index contributed by atoms with van der Waals surface area (Å²) in [6.45, 7) is 2.05. The summed E-state index contributed by atoms with van der Waals surface area (Å²) < 4.78 is 19.3. The van der Waals surface area contributed by atoms with E-state index in [0.717, 1.165) is 32.5 Å². The fourth-order valence-corrected chi connectivity index (χ4v) is 4.54. The van der Waals surface area contributed by atoms with Crippen LogP contribution >= 0.6 is 23.1 Å². The molecule has 1 atom stereocenters. The Balaban J connectivity index is 1.75. The molecule has 1 aromatic heterocycles. The molecule has 4 aromatic rings. The summed E-state index contributed by atoms with van der Waals surface area (Å²) in [5.74, 6) is 0. The van der Waals surface area contributed by atoms with E-state index in [-0.39, 0.29) is 0 Å². The standard InChI is InChI=1S/C19H14ClN3OS2/c1-12-9-14(20)5-7-16(12)18-4-2-3-13-10-15(6-8-17(13)18)26(24)23-19-21-11-22-25-19/h2-11H,1H3,(H,21,22,23). The summed E-state index contributed by atoms with van der Waals surface area (Å²) in [5, 5.41) is 3.40. The summed E-state index contributed by atoms with van der Waals surface area (Å²) in [7, 11) is -1.39. The highest BCUT2D eigenvalue weighted by Gasteiger charge is 2.11. The molecule has 0 amide bonds. The van der Waals surface area contributed by atoms with E-state index in [4.69, 9.17) is 11.6 Å². The number of fused-ring (bicyclic) bond motifs is 1. The minimum Gasteiger partial charge on any atom is -0.275 e. The monoisotopic (exact) mass is 399 g/mol. The third-order valence-corrected chi connectivity index (χ3v) is 6.09. The molecule has 130 valence electrons. The van der Waals surface area contributed by atoms with Crippen molar-refractivity contribution in [1.82, 2.24) is 9.36 Å². The van der Waals surface area contributed by atoms with Gasteiger partial charge in [0.05, 0.1) is 4.90 Å². The maximum Gasteiger partial charge on any atom is 0.214 e. The number of hydrogen-bond donors (Lipinski definition) is 1. The molecule has 0 radical (unpaired) electrons. The molecule has 0 aliphatic carbocycles. The van der Waals surface area contributed by atoms with Gasteiger partial charge in [-0.05, 0) is 58.7 Å². The first-order valence-corrected chi connectivity index (χ1v) is 10.2. The van der Waals surface area contributed by atoms with Gasteiger partial charge in [-0.1, -0.05) is 41.9 Å². The van der Waals surface area contributed by atoms with Gasteiger partial charge in [-0.2, -0.15) is 4.37 Å². The number of hydrogen-bond acceptors (Lipinski definition) is 4. The van der Waals surface area contributed by atoms with E-state index in [1.807, 2.05) is 48.5 Å². The normalized spacial score (nSPS) is 12.2. The third-order valence-electron chi connectivity index (χ3n) is 4.09. The van der Waals surface area contributed by atoms with Crippen LogP contribution in [0.1, 0.15) is 5.56 Å². The molecule has 1 heterocycles. The van der Waals surface area contributed by atoms with E-state index >= 15 is 0 Å². The van der Waals surface area contributed by atoms with Gasteiger partial charge < -0.3 is 0 Å². The van der Waals surface area contributed by atoms with Crippen molar-refractivity contribution in [1.29, 1.82) is 0 Å². The molecular weight excluding hydrogens is 386 g/mol. The van der Waals surface area contributed by atoms with Crippen molar-refractivity contribution < 1.29 is 4.21 Å². The second-order valence-electron chi connectivity index (χ2n) is 5.76. The van der Waals surface area contributed by atoms with E-state index in [1.54, 1.807) is 0 Å². The predicted molar refractivity (Wildman–Crippen MR) is 109 cm³/mol. The zero-order chi connectivity index (χ0) is 18.1. The Bertz CT molecular complexity index is 1110. The minimum absolute atomic E-state index is 0.536. The quantitative estimate of drug-likeness (QED) is 0.496. The highest BCUT2D eigenvalue weighted by atomic mass is 35.5. The minimum atomic E-state index is -1.39. The van der Waals surface area contributed by atoms with Gasteiger partial charge in [0.1, 0.15) is 6.33 Å². The van der Waals surface area contributed by atoms with Crippen LogP contribution in [0.4, 0.5) is 5.13 Å². The molecule has 0 bridgehead atoms. The first-order chi connectivity index (χ1) is 12.6. The molecule has 0 saturated carbocycles. The first kappa shape index (κ1) is 17.1. The van der Waals surface area contributed by atoms with E-state index in [9.17, 15) is 4.21 Å². The van der Waals surface area contributed by atoms with Crippen molar-refractivity contribution in [2.75, 3.05) is 4.72 Å². The average molecular weight is 400 g/mol. The van der Waals surface area contributed by atoms with Crippen LogP contribution in [0.5, 0.6) is 0 Å². The van der Waals surface area contributed by atoms with Crippen molar-refractivity contribution in [3.8, 4) is 11.1 Å². The fraction of sp³-hybridized carbons (Fsp3) is 0.0526. The second-order valence-corrected chi connectivity index (χ2v) is 8.19.